The number of furan rings is 1. The first-order valence-electron chi connectivity index (χ1n) is 14.9. The highest BCUT2D eigenvalue weighted by molar-refractivity contribution is 6.08. The van der Waals surface area contributed by atoms with E-state index in [1.165, 1.54) is 4.90 Å². The lowest BCUT2D eigenvalue weighted by Crippen LogP contribution is -2.52. The molecule has 228 valence electrons. The van der Waals surface area contributed by atoms with Crippen molar-refractivity contribution < 1.29 is 27.9 Å². The fourth-order valence-electron chi connectivity index (χ4n) is 5.66. The monoisotopic (exact) mass is 592 g/mol. The summed E-state index contributed by atoms with van der Waals surface area (Å²) >= 11 is 0. The standard InChI is InChI=1S/C31H37FN6O5/c1-4-36(3)13-14-37(5-2)25-8-6-7-22-21(33-25)15-24(43-22)31(29(40)34-30(41)35-31)18-38-16-20-11-12-23(42-17-19-9-10-19)27(32)26(20)28(38)39/h6-7,11-12,15,19H,4-5,8-10,13-14,16-18H2,1-3H3,(H2,34,35,40,41)/t31-/m1/s1. The quantitative estimate of drug-likeness (QED) is 0.383. The number of rotatable bonds is 11. The molecule has 12 heteroatoms. The van der Waals surface area contributed by atoms with E-state index in [0.717, 1.165) is 44.9 Å². The van der Waals surface area contributed by atoms with Crippen LogP contribution in [0.25, 0.3) is 6.08 Å². The van der Waals surface area contributed by atoms with Crippen molar-refractivity contribution in [3.8, 4) is 5.75 Å². The van der Waals surface area contributed by atoms with Crippen molar-refractivity contribution in [2.45, 2.75) is 45.2 Å². The smallest absolute Gasteiger partial charge is 0.322 e. The first-order chi connectivity index (χ1) is 20.7. The molecular formula is C31H37FN6O5. The Balaban J connectivity index is 1.28. The summed E-state index contributed by atoms with van der Waals surface area (Å²) < 4.78 is 27.2. The maximum atomic E-state index is 15.4. The van der Waals surface area contributed by atoms with Gasteiger partial charge >= 0.3 is 6.03 Å². The topological polar surface area (TPSA) is 120 Å². The molecule has 1 aliphatic carbocycles. The lowest BCUT2D eigenvalue weighted by molar-refractivity contribution is -0.125. The number of likely N-dealkylation sites (N-methyl/N-ethyl adjacent to an activating group) is 2. The van der Waals surface area contributed by atoms with Gasteiger partial charge in [0.15, 0.2) is 22.9 Å². The van der Waals surface area contributed by atoms with Gasteiger partial charge < -0.3 is 29.2 Å². The highest BCUT2D eigenvalue weighted by Gasteiger charge is 2.53. The number of aliphatic imine (C=N–C) groups is 1. The van der Waals surface area contributed by atoms with Crippen molar-refractivity contribution in [3.05, 3.63) is 52.7 Å². The molecule has 3 aliphatic heterocycles. The Morgan fingerprint density at radius 2 is 2.00 bits per heavy atom. The van der Waals surface area contributed by atoms with Crippen LogP contribution in [-0.2, 0) is 16.9 Å². The third-order valence-electron chi connectivity index (χ3n) is 8.61. The normalized spacial score (nSPS) is 21.0. The van der Waals surface area contributed by atoms with E-state index >= 15 is 4.39 Å². The number of benzene rings is 1. The molecule has 1 aromatic heterocycles. The number of imide groups is 1. The molecule has 1 saturated heterocycles. The van der Waals surface area contributed by atoms with E-state index in [1.54, 1.807) is 24.3 Å². The van der Waals surface area contributed by atoms with Crippen LogP contribution < -0.4 is 15.4 Å². The van der Waals surface area contributed by atoms with Crippen LogP contribution in [0.5, 0.6) is 5.75 Å². The summed E-state index contributed by atoms with van der Waals surface area (Å²) in [5.41, 5.74) is -0.787. The van der Waals surface area contributed by atoms with Gasteiger partial charge in [-0.3, -0.25) is 14.9 Å². The van der Waals surface area contributed by atoms with E-state index in [1.807, 2.05) is 6.08 Å². The van der Waals surface area contributed by atoms with Crippen molar-refractivity contribution in [3.63, 3.8) is 0 Å². The number of carbonyl (C=O) groups is 3. The molecule has 1 atom stereocenters. The van der Waals surface area contributed by atoms with Crippen LogP contribution in [-0.4, -0.2) is 84.8 Å². The molecule has 11 nitrogen and oxygen atoms in total. The number of hydrogen-bond acceptors (Lipinski definition) is 8. The highest BCUT2D eigenvalue weighted by Crippen LogP contribution is 2.39. The molecule has 2 N–H and O–H groups in total. The minimum Gasteiger partial charge on any atom is -0.490 e. The highest BCUT2D eigenvalue weighted by atomic mass is 19.1. The number of carbonyl (C=O) groups excluding carboxylic acids is 3. The second kappa shape index (κ2) is 11.5. The van der Waals surface area contributed by atoms with E-state index < -0.39 is 29.2 Å². The zero-order chi connectivity index (χ0) is 30.3. The van der Waals surface area contributed by atoms with Gasteiger partial charge in [0, 0.05) is 38.7 Å². The average Bonchev–Trinajstić information content (AvgIpc) is 3.61. The third kappa shape index (κ3) is 5.51. The Hall–Kier alpha value is -4.19. The van der Waals surface area contributed by atoms with Crippen LogP contribution in [0.3, 0.4) is 0 Å². The predicted molar refractivity (Wildman–Crippen MR) is 158 cm³/mol. The molecule has 2 aromatic rings. The zero-order valence-electron chi connectivity index (χ0n) is 24.7. The summed E-state index contributed by atoms with van der Waals surface area (Å²) in [5, 5.41) is 4.97. The van der Waals surface area contributed by atoms with E-state index in [9.17, 15) is 14.4 Å². The van der Waals surface area contributed by atoms with E-state index in [-0.39, 0.29) is 30.2 Å². The zero-order valence-corrected chi connectivity index (χ0v) is 24.7. The number of hydrogen-bond donors (Lipinski definition) is 2. The number of amidine groups is 1. The first-order valence-corrected chi connectivity index (χ1v) is 14.9. The number of urea groups is 1. The largest absolute Gasteiger partial charge is 0.490 e. The van der Waals surface area contributed by atoms with Crippen LogP contribution in [0.4, 0.5) is 14.9 Å². The minimum absolute atomic E-state index is 0.0418. The van der Waals surface area contributed by atoms with Crippen LogP contribution in [0.1, 0.15) is 60.6 Å². The van der Waals surface area contributed by atoms with Gasteiger partial charge in [-0.15, -0.1) is 0 Å². The number of halogens is 1. The predicted octanol–water partition coefficient (Wildman–Crippen LogP) is 3.62. The van der Waals surface area contributed by atoms with E-state index in [2.05, 4.69) is 41.3 Å². The molecule has 4 aliphatic rings. The number of nitrogens with zero attached hydrogens (tertiary/aromatic N) is 4. The first kappa shape index (κ1) is 28.9. The Morgan fingerprint density at radius 3 is 2.70 bits per heavy atom. The molecule has 1 saturated carbocycles. The second-order valence-corrected chi connectivity index (χ2v) is 11.6. The van der Waals surface area contributed by atoms with Crippen molar-refractivity contribution in [1.82, 2.24) is 25.3 Å². The van der Waals surface area contributed by atoms with Gasteiger partial charge in [0.2, 0.25) is 0 Å². The summed E-state index contributed by atoms with van der Waals surface area (Å²) in [7, 11) is 2.07. The molecule has 0 unspecified atom stereocenters. The van der Waals surface area contributed by atoms with Crippen LogP contribution in [0.2, 0.25) is 0 Å². The van der Waals surface area contributed by atoms with Gasteiger partial charge in [0.25, 0.3) is 11.8 Å². The second-order valence-electron chi connectivity index (χ2n) is 11.6. The van der Waals surface area contributed by atoms with Gasteiger partial charge in [0.1, 0.15) is 17.3 Å². The maximum absolute atomic E-state index is 15.4. The summed E-state index contributed by atoms with van der Waals surface area (Å²) in [6.45, 7) is 7.82. The summed E-state index contributed by atoms with van der Waals surface area (Å²) in [6.07, 6.45) is 6.49. The van der Waals surface area contributed by atoms with E-state index in [4.69, 9.17) is 14.1 Å². The number of amides is 4. The van der Waals surface area contributed by atoms with Crippen LogP contribution in [0.15, 0.2) is 33.7 Å². The Bertz CT molecular complexity index is 1510. The van der Waals surface area contributed by atoms with Gasteiger partial charge in [-0.05, 0) is 57.0 Å². The summed E-state index contributed by atoms with van der Waals surface area (Å²) in [6, 6.07) is 4.14. The van der Waals surface area contributed by atoms with Crippen molar-refractivity contribution in [1.29, 1.82) is 0 Å². The molecule has 2 fully saturated rings. The molecule has 4 heterocycles. The molecule has 0 radical (unpaired) electrons. The molecular weight excluding hydrogens is 555 g/mol. The number of fused-ring (bicyclic) bond motifs is 2. The van der Waals surface area contributed by atoms with Gasteiger partial charge in [-0.25, -0.2) is 14.2 Å². The Labute approximate surface area is 249 Å². The van der Waals surface area contributed by atoms with Gasteiger partial charge in [-0.1, -0.05) is 19.1 Å². The minimum atomic E-state index is -1.72. The molecule has 6 rings (SSSR count). The SMILES string of the molecule is CCN(C)CCN(CC)C1=Nc2cc([C@@]3(CN4Cc5ccc(OCC6CC6)c(F)c5C4=O)NC(=O)NC3=O)oc2C=CC1. The van der Waals surface area contributed by atoms with Gasteiger partial charge in [0.05, 0.1) is 18.7 Å². The summed E-state index contributed by atoms with van der Waals surface area (Å²) in [5.74, 6) is -0.0327. The lowest BCUT2D eigenvalue weighted by Gasteiger charge is -2.29. The number of ether oxygens (including phenoxy) is 1. The van der Waals surface area contributed by atoms with Crippen LogP contribution in [0, 0.1) is 11.7 Å². The van der Waals surface area contributed by atoms with Crippen molar-refractivity contribution >= 4 is 35.4 Å². The fraction of sp³-hybridized carbons (Fsp3) is 0.484. The van der Waals surface area contributed by atoms with Crippen molar-refractivity contribution in [2.24, 2.45) is 10.9 Å². The lowest BCUT2D eigenvalue weighted by atomic mass is 9.95. The van der Waals surface area contributed by atoms with Crippen molar-refractivity contribution in [2.75, 3.05) is 46.4 Å². The molecule has 43 heavy (non-hydrogen) atoms. The van der Waals surface area contributed by atoms with Crippen LogP contribution >= 0.6 is 0 Å². The maximum Gasteiger partial charge on any atom is 0.322 e. The Morgan fingerprint density at radius 1 is 1.19 bits per heavy atom. The average molecular weight is 593 g/mol. The molecule has 0 bridgehead atoms. The molecule has 4 amide bonds. The van der Waals surface area contributed by atoms with E-state index in [0.29, 0.717) is 36.0 Å². The fourth-order valence-corrected chi connectivity index (χ4v) is 5.66. The summed E-state index contributed by atoms with van der Waals surface area (Å²) in [4.78, 5) is 50.0. The number of nitrogens with one attached hydrogen (secondary N) is 2. The third-order valence-corrected chi connectivity index (χ3v) is 8.61. The van der Waals surface area contributed by atoms with Gasteiger partial charge in [-0.2, -0.15) is 0 Å². The Kier molecular flexibility index (Phi) is 7.72. The molecule has 0 spiro atoms. The molecule has 1 aromatic carbocycles.